The number of rotatable bonds is 8. The van der Waals surface area contributed by atoms with E-state index in [-0.39, 0.29) is 0 Å². The maximum Gasteiger partial charge on any atom is 0.260 e. The molecule has 0 fully saturated rings. The van der Waals surface area contributed by atoms with E-state index in [1.54, 1.807) is 0 Å². The van der Waals surface area contributed by atoms with Crippen LogP contribution in [0.1, 0.15) is 46.0 Å². The molecular formula is C10H22F2N+. The molecule has 0 aliphatic heterocycles. The molecule has 0 rings (SSSR count). The Morgan fingerprint density at radius 2 is 1.69 bits per heavy atom. The Kier molecular flexibility index (Phi) is 8.30. The van der Waals surface area contributed by atoms with E-state index in [4.69, 9.17) is 0 Å². The van der Waals surface area contributed by atoms with Gasteiger partial charge in [0, 0.05) is 0 Å². The molecule has 0 saturated heterocycles. The van der Waals surface area contributed by atoms with Crippen molar-refractivity contribution in [2.24, 2.45) is 0 Å². The van der Waals surface area contributed by atoms with Crippen LogP contribution in [0.25, 0.3) is 0 Å². The lowest BCUT2D eigenvalue weighted by Crippen LogP contribution is -2.90. The Labute approximate surface area is 79.9 Å². The van der Waals surface area contributed by atoms with Crippen LogP contribution in [0.15, 0.2) is 0 Å². The van der Waals surface area contributed by atoms with Gasteiger partial charge in [-0.2, -0.15) is 4.39 Å². The molecule has 2 unspecified atom stereocenters. The van der Waals surface area contributed by atoms with Crippen molar-refractivity contribution in [3.63, 3.8) is 0 Å². The summed E-state index contributed by atoms with van der Waals surface area (Å²) in [6.45, 7) is 4.73. The summed E-state index contributed by atoms with van der Waals surface area (Å²) in [4.78, 5) is 0. The van der Waals surface area contributed by atoms with Gasteiger partial charge in [0.25, 0.3) is 6.30 Å². The van der Waals surface area contributed by atoms with Crippen LogP contribution in [0.2, 0.25) is 0 Å². The third-order valence-electron chi connectivity index (χ3n) is 2.13. The second kappa shape index (κ2) is 8.42. The second-order valence-electron chi connectivity index (χ2n) is 3.48. The quantitative estimate of drug-likeness (QED) is 0.450. The third kappa shape index (κ3) is 6.94. The van der Waals surface area contributed by atoms with Crippen molar-refractivity contribution in [1.82, 2.24) is 0 Å². The molecule has 0 aromatic carbocycles. The van der Waals surface area contributed by atoms with Crippen molar-refractivity contribution in [3.05, 3.63) is 0 Å². The second-order valence-corrected chi connectivity index (χ2v) is 3.48. The van der Waals surface area contributed by atoms with Crippen LogP contribution in [0.4, 0.5) is 8.78 Å². The first-order valence-corrected chi connectivity index (χ1v) is 5.33. The van der Waals surface area contributed by atoms with Crippen molar-refractivity contribution < 1.29 is 14.1 Å². The van der Waals surface area contributed by atoms with Gasteiger partial charge in [0.1, 0.15) is 0 Å². The Bertz CT molecular complexity index is 109. The van der Waals surface area contributed by atoms with Crippen LogP contribution in [0, 0.1) is 0 Å². The van der Waals surface area contributed by atoms with E-state index >= 15 is 0 Å². The smallest absolute Gasteiger partial charge is 0.260 e. The SMILES string of the molecule is CCCC[NH2+]C(F)C(F)CCCC. The van der Waals surface area contributed by atoms with Gasteiger partial charge in [-0.1, -0.05) is 33.1 Å². The maximum absolute atomic E-state index is 13.0. The molecule has 3 heteroatoms. The molecule has 2 atom stereocenters. The van der Waals surface area contributed by atoms with Crippen molar-refractivity contribution in [1.29, 1.82) is 0 Å². The number of alkyl halides is 2. The fourth-order valence-corrected chi connectivity index (χ4v) is 1.19. The van der Waals surface area contributed by atoms with Gasteiger partial charge in [-0.3, -0.25) is 0 Å². The summed E-state index contributed by atoms with van der Waals surface area (Å²) in [5.41, 5.74) is 0. The van der Waals surface area contributed by atoms with Crippen LogP contribution in [0.3, 0.4) is 0 Å². The van der Waals surface area contributed by atoms with Crippen LogP contribution in [0.5, 0.6) is 0 Å². The zero-order valence-electron chi connectivity index (χ0n) is 8.73. The van der Waals surface area contributed by atoms with Gasteiger partial charge in [0.2, 0.25) is 0 Å². The molecule has 13 heavy (non-hydrogen) atoms. The fourth-order valence-electron chi connectivity index (χ4n) is 1.19. The number of quaternary nitrogens is 1. The highest BCUT2D eigenvalue weighted by Gasteiger charge is 2.21. The standard InChI is InChI=1S/C10H21F2N/c1-3-5-7-9(11)10(12)13-8-6-4-2/h9-10,13H,3-8H2,1-2H3/p+1. The minimum absolute atomic E-state index is 0.361. The molecule has 0 bridgehead atoms. The topological polar surface area (TPSA) is 16.6 Å². The summed E-state index contributed by atoms with van der Waals surface area (Å²) in [7, 11) is 0. The average Bonchev–Trinajstić information content (AvgIpc) is 2.14. The Hall–Kier alpha value is -0.180. The molecule has 0 spiro atoms. The number of hydrogen-bond donors (Lipinski definition) is 1. The van der Waals surface area contributed by atoms with E-state index in [1.807, 2.05) is 13.8 Å². The summed E-state index contributed by atoms with van der Waals surface area (Å²) in [5, 5.41) is 1.48. The van der Waals surface area contributed by atoms with E-state index in [0.717, 1.165) is 25.7 Å². The molecule has 0 saturated carbocycles. The van der Waals surface area contributed by atoms with Crippen LogP contribution < -0.4 is 5.32 Å². The van der Waals surface area contributed by atoms with Gasteiger partial charge < -0.3 is 5.32 Å². The monoisotopic (exact) mass is 194 g/mol. The molecule has 0 radical (unpaired) electrons. The zero-order valence-corrected chi connectivity index (χ0v) is 8.73. The molecule has 0 aliphatic carbocycles. The van der Waals surface area contributed by atoms with Crippen molar-refractivity contribution >= 4 is 0 Å². The Morgan fingerprint density at radius 1 is 1.08 bits per heavy atom. The maximum atomic E-state index is 13.0. The molecule has 80 valence electrons. The minimum Gasteiger partial charge on any atom is -0.315 e. The predicted octanol–water partition coefficient (Wildman–Crippen LogP) is 2.17. The summed E-state index contributed by atoms with van der Waals surface area (Å²) >= 11 is 0. The molecule has 0 heterocycles. The number of unbranched alkanes of at least 4 members (excludes halogenated alkanes) is 2. The summed E-state index contributed by atoms with van der Waals surface area (Å²) < 4.78 is 26.0. The first-order chi connectivity index (χ1) is 6.22. The van der Waals surface area contributed by atoms with Gasteiger partial charge in [-0.25, -0.2) is 4.39 Å². The van der Waals surface area contributed by atoms with E-state index < -0.39 is 12.5 Å². The number of hydrogen-bond acceptors (Lipinski definition) is 0. The fraction of sp³-hybridized carbons (Fsp3) is 1.00. The first-order valence-electron chi connectivity index (χ1n) is 5.33. The van der Waals surface area contributed by atoms with Gasteiger partial charge in [-0.15, -0.1) is 0 Å². The normalized spacial score (nSPS) is 15.7. The average molecular weight is 194 g/mol. The van der Waals surface area contributed by atoms with Gasteiger partial charge in [0.15, 0.2) is 6.17 Å². The Morgan fingerprint density at radius 3 is 2.23 bits per heavy atom. The molecule has 1 nitrogen and oxygen atoms in total. The van der Waals surface area contributed by atoms with Crippen LogP contribution >= 0.6 is 0 Å². The van der Waals surface area contributed by atoms with E-state index in [0.29, 0.717) is 13.0 Å². The van der Waals surface area contributed by atoms with Crippen LogP contribution in [-0.2, 0) is 0 Å². The molecule has 0 aliphatic rings. The lowest BCUT2D eigenvalue weighted by Gasteiger charge is -2.11. The largest absolute Gasteiger partial charge is 0.315 e. The van der Waals surface area contributed by atoms with E-state index in [1.165, 1.54) is 5.32 Å². The lowest BCUT2D eigenvalue weighted by atomic mass is 10.1. The summed E-state index contributed by atoms with van der Waals surface area (Å²) in [6, 6.07) is 0. The number of halogens is 2. The van der Waals surface area contributed by atoms with Gasteiger partial charge in [0.05, 0.1) is 6.54 Å². The molecule has 0 aromatic rings. The predicted molar refractivity (Wildman–Crippen MR) is 51.0 cm³/mol. The van der Waals surface area contributed by atoms with Crippen molar-refractivity contribution in [2.45, 2.75) is 58.4 Å². The molecule has 2 N–H and O–H groups in total. The van der Waals surface area contributed by atoms with E-state index in [2.05, 4.69) is 0 Å². The third-order valence-corrected chi connectivity index (χ3v) is 2.13. The van der Waals surface area contributed by atoms with Gasteiger partial charge >= 0.3 is 0 Å². The first kappa shape index (κ1) is 12.8. The minimum atomic E-state index is -1.35. The number of nitrogens with two attached hydrogens (primary N) is 1. The Balaban J connectivity index is 3.38. The lowest BCUT2D eigenvalue weighted by molar-refractivity contribution is -0.718. The molecule has 0 amide bonds. The summed E-state index contributed by atoms with van der Waals surface area (Å²) in [5.74, 6) is 0. The highest BCUT2D eigenvalue weighted by atomic mass is 19.2. The van der Waals surface area contributed by atoms with Crippen LogP contribution in [-0.4, -0.2) is 19.0 Å². The van der Waals surface area contributed by atoms with Crippen molar-refractivity contribution in [3.8, 4) is 0 Å². The molecular weight excluding hydrogens is 172 g/mol. The van der Waals surface area contributed by atoms with Gasteiger partial charge in [-0.05, 0) is 12.8 Å². The highest BCUT2D eigenvalue weighted by Crippen LogP contribution is 2.07. The molecule has 0 aromatic heterocycles. The summed E-state index contributed by atoms with van der Waals surface area (Å²) in [6.07, 6.45) is 1.44. The van der Waals surface area contributed by atoms with E-state index in [9.17, 15) is 8.78 Å². The zero-order chi connectivity index (χ0) is 10.1. The highest BCUT2D eigenvalue weighted by molar-refractivity contribution is 4.56. The van der Waals surface area contributed by atoms with Crippen molar-refractivity contribution in [2.75, 3.05) is 6.54 Å².